The van der Waals surface area contributed by atoms with E-state index >= 15 is 0 Å². The van der Waals surface area contributed by atoms with Crippen molar-refractivity contribution in [2.75, 3.05) is 20.2 Å². The van der Waals surface area contributed by atoms with E-state index < -0.39 is 33.8 Å². The summed E-state index contributed by atoms with van der Waals surface area (Å²) >= 11 is 0. The van der Waals surface area contributed by atoms with Crippen LogP contribution in [0.4, 0.5) is 4.79 Å². The van der Waals surface area contributed by atoms with Crippen molar-refractivity contribution < 1.29 is 28.2 Å². The molecule has 0 unspecified atom stereocenters. The highest BCUT2D eigenvalue weighted by molar-refractivity contribution is 7.89. The van der Waals surface area contributed by atoms with Gasteiger partial charge < -0.3 is 14.9 Å². The Morgan fingerprint density at radius 3 is 2.03 bits per heavy atom. The van der Waals surface area contributed by atoms with Crippen molar-refractivity contribution in [3.63, 3.8) is 0 Å². The van der Waals surface area contributed by atoms with Crippen LogP contribution in [0.1, 0.15) is 40.2 Å². The van der Waals surface area contributed by atoms with Crippen molar-refractivity contribution in [1.29, 1.82) is 0 Å². The Labute approximate surface area is 209 Å². The number of aliphatic hydroxyl groups is 1. The van der Waals surface area contributed by atoms with Gasteiger partial charge in [-0.15, -0.1) is 0 Å². The maximum atomic E-state index is 13.5. The van der Waals surface area contributed by atoms with Crippen molar-refractivity contribution >= 4 is 16.1 Å². The first-order valence-corrected chi connectivity index (χ1v) is 13.1. The first kappa shape index (κ1) is 28.6. The molecule has 35 heavy (non-hydrogen) atoms. The second-order valence-corrected chi connectivity index (χ2v) is 12.0. The lowest BCUT2D eigenvalue weighted by atomic mass is 9.94. The Morgan fingerprint density at radius 2 is 1.57 bits per heavy atom. The summed E-state index contributed by atoms with van der Waals surface area (Å²) in [4.78, 5) is 13.6. The number of carboxylic acid groups (broad SMARTS) is 1. The number of aliphatic hydroxyl groups excluding tert-OH is 1. The molecule has 1 amide bonds. The number of methoxy groups -OCH3 is 1. The summed E-state index contributed by atoms with van der Waals surface area (Å²) in [6.07, 6.45) is -2.20. The number of benzene rings is 2. The van der Waals surface area contributed by atoms with Crippen LogP contribution in [0.15, 0.2) is 59.5 Å². The maximum Gasteiger partial charge on any atom is 0.408 e. The molecule has 2 aromatic rings. The highest BCUT2D eigenvalue weighted by atomic mass is 32.2. The molecular weight excluding hydrogens is 468 g/mol. The highest BCUT2D eigenvalue weighted by Crippen LogP contribution is 2.26. The fourth-order valence-corrected chi connectivity index (χ4v) is 5.71. The summed E-state index contributed by atoms with van der Waals surface area (Å²) in [5.74, 6) is 0.519. The number of carbonyl (C=O) groups is 1. The van der Waals surface area contributed by atoms with Gasteiger partial charge in [-0.1, -0.05) is 44.2 Å². The lowest BCUT2D eigenvalue weighted by Gasteiger charge is -2.42. The fraction of sp³-hybridized carbons (Fsp3) is 0.500. The molecule has 0 saturated heterocycles. The van der Waals surface area contributed by atoms with Crippen molar-refractivity contribution in [2.24, 2.45) is 5.92 Å². The molecule has 0 bridgehead atoms. The van der Waals surface area contributed by atoms with Gasteiger partial charge in [0.05, 0.1) is 24.2 Å². The van der Waals surface area contributed by atoms with Crippen LogP contribution in [0.3, 0.4) is 0 Å². The number of sulfonamides is 1. The summed E-state index contributed by atoms with van der Waals surface area (Å²) in [6.45, 7) is 8.98. The van der Waals surface area contributed by atoms with Crippen LogP contribution >= 0.6 is 0 Å². The van der Waals surface area contributed by atoms with Gasteiger partial charge >= 0.3 is 6.09 Å². The topological polar surface area (TPSA) is 107 Å². The molecule has 2 rings (SSSR count). The Balaban J connectivity index is 2.46. The monoisotopic (exact) mass is 506 g/mol. The van der Waals surface area contributed by atoms with Gasteiger partial charge in [0.1, 0.15) is 5.75 Å². The Hall–Kier alpha value is -2.62. The average molecular weight is 507 g/mol. The Morgan fingerprint density at radius 1 is 1.00 bits per heavy atom. The van der Waals surface area contributed by atoms with Gasteiger partial charge in [0, 0.05) is 18.6 Å². The van der Waals surface area contributed by atoms with E-state index in [1.807, 2.05) is 44.2 Å². The molecule has 0 radical (unpaired) electrons. The van der Waals surface area contributed by atoms with Crippen molar-refractivity contribution in [2.45, 2.75) is 63.6 Å². The molecule has 0 fully saturated rings. The second kappa shape index (κ2) is 11.9. The lowest BCUT2D eigenvalue weighted by molar-refractivity contribution is 0.000540. The molecule has 0 aliphatic rings. The Bertz CT molecular complexity index is 1050. The van der Waals surface area contributed by atoms with Gasteiger partial charge in [-0.2, -0.15) is 4.31 Å². The third kappa shape index (κ3) is 7.68. The quantitative estimate of drug-likeness (QED) is 0.475. The summed E-state index contributed by atoms with van der Waals surface area (Å²) in [5, 5.41) is 21.4. The first-order chi connectivity index (χ1) is 16.3. The van der Waals surface area contributed by atoms with Crippen LogP contribution in [0.5, 0.6) is 5.75 Å². The van der Waals surface area contributed by atoms with Gasteiger partial charge in [-0.3, -0.25) is 4.90 Å². The number of hydrogen-bond acceptors (Lipinski definition) is 5. The SMILES string of the molecule is COc1ccc(S(=O)(=O)N(CC(C)C)C[C@@H](O)[C@H](Cc2ccccc2)N(C(=O)O)C(C)(C)C)cc1. The molecule has 0 aliphatic carbocycles. The van der Waals surface area contributed by atoms with Gasteiger partial charge in [0.25, 0.3) is 0 Å². The van der Waals surface area contributed by atoms with Gasteiger partial charge in [-0.05, 0) is 62.9 Å². The van der Waals surface area contributed by atoms with Gasteiger partial charge in [0.2, 0.25) is 10.0 Å². The summed E-state index contributed by atoms with van der Waals surface area (Å²) in [7, 11) is -2.45. The van der Waals surface area contributed by atoms with E-state index in [1.54, 1.807) is 32.9 Å². The van der Waals surface area contributed by atoms with E-state index in [0.29, 0.717) is 5.75 Å². The molecular formula is C26H38N2O6S. The molecule has 0 saturated carbocycles. The molecule has 0 aliphatic heterocycles. The maximum absolute atomic E-state index is 13.5. The summed E-state index contributed by atoms with van der Waals surface area (Å²) in [6, 6.07) is 14.5. The molecule has 2 aromatic carbocycles. The van der Waals surface area contributed by atoms with E-state index in [4.69, 9.17) is 4.74 Å². The third-order valence-electron chi connectivity index (χ3n) is 5.65. The molecule has 9 heteroatoms. The zero-order valence-electron chi connectivity index (χ0n) is 21.4. The number of ether oxygens (including phenoxy) is 1. The molecule has 194 valence electrons. The van der Waals surface area contributed by atoms with Gasteiger partial charge in [0.15, 0.2) is 0 Å². The van der Waals surface area contributed by atoms with Crippen LogP contribution < -0.4 is 4.74 Å². The number of hydrogen-bond donors (Lipinski definition) is 2. The third-order valence-corrected chi connectivity index (χ3v) is 7.49. The normalized spacial score (nSPS) is 14.1. The fourth-order valence-electron chi connectivity index (χ4n) is 4.09. The number of nitrogens with zero attached hydrogens (tertiary/aromatic N) is 2. The minimum atomic E-state index is -3.95. The summed E-state index contributed by atoms with van der Waals surface area (Å²) < 4.78 is 33.4. The van der Waals surface area contributed by atoms with E-state index in [0.717, 1.165) is 5.56 Å². The highest BCUT2D eigenvalue weighted by Gasteiger charge is 2.39. The van der Waals surface area contributed by atoms with E-state index in [2.05, 4.69) is 0 Å². The molecule has 2 atom stereocenters. The lowest BCUT2D eigenvalue weighted by Crippen LogP contribution is -2.58. The molecule has 0 heterocycles. The predicted molar refractivity (Wildman–Crippen MR) is 136 cm³/mol. The van der Waals surface area contributed by atoms with Crippen molar-refractivity contribution in [1.82, 2.24) is 9.21 Å². The minimum Gasteiger partial charge on any atom is -0.497 e. The number of amides is 1. The second-order valence-electron chi connectivity index (χ2n) is 10.0. The standard InChI is InChI=1S/C26H38N2O6S/c1-19(2)17-27(35(32,33)22-14-12-21(34-6)13-15-22)18-24(29)23(16-20-10-8-7-9-11-20)28(25(30)31)26(3,4)5/h7-15,19,23-24,29H,16-18H2,1-6H3,(H,30,31)/t23-,24+/m0/s1. The summed E-state index contributed by atoms with van der Waals surface area (Å²) in [5.41, 5.74) is 0.0322. The van der Waals surface area contributed by atoms with Crippen molar-refractivity contribution in [3.8, 4) is 5.75 Å². The molecule has 0 aromatic heterocycles. The van der Waals surface area contributed by atoms with Crippen molar-refractivity contribution in [3.05, 3.63) is 60.2 Å². The largest absolute Gasteiger partial charge is 0.497 e. The predicted octanol–water partition coefficient (Wildman–Crippen LogP) is 4.09. The zero-order valence-corrected chi connectivity index (χ0v) is 22.2. The molecule has 2 N–H and O–H groups in total. The zero-order chi connectivity index (χ0) is 26.4. The number of rotatable bonds is 11. The first-order valence-electron chi connectivity index (χ1n) is 11.7. The molecule has 0 spiro atoms. The smallest absolute Gasteiger partial charge is 0.408 e. The van der Waals surface area contributed by atoms with E-state index in [-0.39, 0.29) is 30.3 Å². The van der Waals surface area contributed by atoms with Crippen LogP contribution in [0.2, 0.25) is 0 Å². The van der Waals surface area contributed by atoms with Gasteiger partial charge in [-0.25, -0.2) is 13.2 Å². The Kier molecular flexibility index (Phi) is 9.71. The van der Waals surface area contributed by atoms with E-state index in [9.17, 15) is 23.4 Å². The minimum absolute atomic E-state index is 0.0130. The van der Waals surface area contributed by atoms with E-state index in [1.165, 1.54) is 28.4 Å². The molecule has 8 nitrogen and oxygen atoms in total. The average Bonchev–Trinajstić information content (AvgIpc) is 2.77. The van der Waals surface area contributed by atoms with Crippen LogP contribution in [-0.4, -0.2) is 71.8 Å². The van der Waals surface area contributed by atoms with Crippen LogP contribution in [0.25, 0.3) is 0 Å². The van der Waals surface area contributed by atoms with Crippen LogP contribution in [-0.2, 0) is 16.4 Å². The van der Waals surface area contributed by atoms with Crippen LogP contribution in [0, 0.1) is 5.92 Å².